The van der Waals surface area contributed by atoms with Gasteiger partial charge in [0.15, 0.2) is 0 Å². The summed E-state index contributed by atoms with van der Waals surface area (Å²) < 4.78 is 3.56. The molecule has 6 nitrogen and oxygen atoms in total. The molecule has 0 atom stereocenters. The van der Waals surface area contributed by atoms with Gasteiger partial charge in [0, 0.05) is 31.3 Å². The van der Waals surface area contributed by atoms with Crippen molar-refractivity contribution in [1.82, 2.24) is 24.5 Å². The molecule has 0 N–H and O–H groups in total. The highest BCUT2D eigenvalue weighted by atomic mass is 16.1. The lowest BCUT2D eigenvalue weighted by Gasteiger charge is -2.03. The van der Waals surface area contributed by atoms with Crippen LogP contribution in [0.2, 0.25) is 0 Å². The van der Waals surface area contributed by atoms with E-state index >= 15 is 0 Å². The van der Waals surface area contributed by atoms with Gasteiger partial charge >= 0.3 is 0 Å². The van der Waals surface area contributed by atoms with Crippen molar-refractivity contribution >= 4 is 5.78 Å². The molecule has 0 bridgehead atoms. The van der Waals surface area contributed by atoms with Gasteiger partial charge in [0.05, 0.1) is 12.1 Å². The molecule has 0 spiro atoms. The molecule has 0 aromatic carbocycles. The van der Waals surface area contributed by atoms with Gasteiger partial charge in [0.2, 0.25) is 0 Å². The number of Topliss-reactive ketones (excluding diaryl/α,β-unsaturated/α-hetero) is 1. The summed E-state index contributed by atoms with van der Waals surface area (Å²) in [7, 11) is 1.89. The van der Waals surface area contributed by atoms with Crippen molar-refractivity contribution in [2.24, 2.45) is 7.05 Å². The maximum absolute atomic E-state index is 12.1. The quantitative estimate of drug-likeness (QED) is 0.805. The average molecular weight is 261 g/mol. The highest BCUT2D eigenvalue weighted by Gasteiger charge is 2.15. The van der Waals surface area contributed by atoms with Gasteiger partial charge in [-0.25, -0.2) is 9.67 Å². The lowest BCUT2D eigenvalue weighted by molar-refractivity contribution is -0.118. The van der Waals surface area contributed by atoms with Gasteiger partial charge in [-0.05, 0) is 20.8 Å². The summed E-state index contributed by atoms with van der Waals surface area (Å²) in [6, 6.07) is 0. The van der Waals surface area contributed by atoms with Crippen molar-refractivity contribution < 1.29 is 4.79 Å². The maximum atomic E-state index is 12.1. The summed E-state index contributed by atoms with van der Waals surface area (Å²) in [6.45, 7) is 6.63. The van der Waals surface area contributed by atoms with Gasteiger partial charge < -0.3 is 0 Å². The first-order valence-electron chi connectivity index (χ1n) is 6.40. The van der Waals surface area contributed by atoms with Crippen LogP contribution in [0.5, 0.6) is 0 Å². The molecule has 2 aromatic rings. The predicted molar refractivity (Wildman–Crippen MR) is 70.8 cm³/mol. The van der Waals surface area contributed by atoms with E-state index in [1.807, 2.05) is 32.5 Å². The van der Waals surface area contributed by atoms with Gasteiger partial charge in [-0.1, -0.05) is 0 Å². The van der Waals surface area contributed by atoms with Gasteiger partial charge in [0.25, 0.3) is 0 Å². The summed E-state index contributed by atoms with van der Waals surface area (Å²) in [5.74, 6) is 0.869. The predicted octanol–water partition coefficient (Wildman–Crippen LogP) is 1.00. The topological polar surface area (TPSA) is 65.6 Å². The molecule has 0 unspecified atom stereocenters. The van der Waals surface area contributed by atoms with Gasteiger partial charge in [-0.15, -0.1) is 0 Å². The van der Waals surface area contributed by atoms with E-state index < -0.39 is 0 Å². The Bertz CT molecular complexity index is 596. The molecule has 6 heteroatoms. The zero-order valence-corrected chi connectivity index (χ0v) is 11.8. The Morgan fingerprint density at radius 2 is 2.05 bits per heavy atom. The van der Waals surface area contributed by atoms with E-state index in [4.69, 9.17) is 0 Å². The van der Waals surface area contributed by atoms with Gasteiger partial charge in [-0.2, -0.15) is 10.2 Å². The van der Waals surface area contributed by atoms with E-state index in [1.165, 1.54) is 6.33 Å². The van der Waals surface area contributed by atoms with Crippen molar-refractivity contribution in [3.8, 4) is 0 Å². The minimum atomic E-state index is 0.141. The molecule has 102 valence electrons. The largest absolute Gasteiger partial charge is 0.299 e. The zero-order chi connectivity index (χ0) is 14.0. The molecule has 0 radical (unpaired) electrons. The summed E-state index contributed by atoms with van der Waals surface area (Å²) in [4.78, 5) is 16.3. The number of aromatic nitrogens is 5. The highest BCUT2D eigenvalue weighted by molar-refractivity contribution is 5.82. The molecule has 0 amide bonds. The number of hydrogen-bond donors (Lipinski definition) is 0. The fraction of sp³-hybridized carbons (Fsp3) is 0.538. The van der Waals surface area contributed by atoms with E-state index in [0.717, 1.165) is 29.3 Å². The number of aryl methyl sites for hydroxylation is 3. The fourth-order valence-corrected chi connectivity index (χ4v) is 2.20. The van der Waals surface area contributed by atoms with Crippen LogP contribution in [-0.2, 0) is 31.2 Å². The number of nitrogens with zero attached hydrogens (tertiary/aromatic N) is 5. The normalized spacial score (nSPS) is 10.9. The Kier molecular flexibility index (Phi) is 3.78. The molecular formula is C13H19N5O. The molecule has 0 saturated carbocycles. The Morgan fingerprint density at radius 3 is 2.63 bits per heavy atom. The van der Waals surface area contributed by atoms with Crippen LogP contribution in [0.15, 0.2) is 6.33 Å². The number of carbonyl (C=O) groups is 1. The van der Waals surface area contributed by atoms with E-state index in [9.17, 15) is 4.79 Å². The SMILES string of the molecule is CCn1ncnc1CC(=O)Cc1c(C)nn(C)c1C. The van der Waals surface area contributed by atoms with E-state index in [0.29, 0.717) is 12.8 Å². The van der Waals surface area contributed by atoms with E-state index in [2.05, 4.69) is 15.2 Å². The first-order valence-corrected chi connectivity index (χ1v) is 6.40. The van der Waals surface area contributed by atoms with Crippen LogP contribution in [0.3, 0.4) is 0 Å². The van der Waals surface area contributed by atoms with Crippen LogP contribution in [0.25, 0.3) is 0 Å². The van der Waals surface area contributed by atoms with Crippen molar-refractivity contribution in [1.29, 1.82) is 0 Å². The van der Waals surface area contributed by atoms with Gasteiger partial charge in [-0.3, -0.25) is 9.48 Å². The summed E-state index contributed by atoms with van der Waals surface area (Å²) >= 11 is 0. The van der Waals surface area contributed by atoms with Crippen molar-refractivity contribution in [3.05, 3.63) is 29.1 Å². The van der Waals surface area contributed by atoms with Crippen LogP contribution in [-0.4, -0.2) is 30.3 Å². The molecule has 0 aliphatic heterocycles. The Balaban J connectivity index is 2.10. The molecule has 0 aliphatic rings. The number of rotatable bonds is 5. The van der Waals surface area contributed by atoms with E-state index in [1.54, 1.807) is 4.68 Å². The molecule has 0 saturated heterocycles. The minimum Gasteiger partial charge on any atom is -0.299 e. The lowest BCUT2D eigenvalue weighted by atomic mass is 10.1. The number of ketones is 1. The second kappa shape index (κ2) is 5.34. The molecule has 2 heterocycles. The molecule has 2 rings (SSSR count). The second-order valence-corrected chi connectivity index (χ2v) is 4.66. The highest BCUT2D eigenvalue weighted by Crippen LogP contribution is 2.13. The maximum Gasteiger partial charge on any atom is 0.144 e. The molecule has 19 heavy (non-hydrogen) atoms. The van der Waals surface area contributed by atoms with Crippen molar-refractivity contribution in [2.75, 3.05) is 0 Å². The molecule has 0 aliphatic carbocycles. The standard InChI is InChI=1S/C13H19N5O/c1-5-18-13(14-8-15-18)7-11(19)6-12-9(2)16-17(4)10(12)3/h8H,5-7H2,1-4H3. The average Bonchev–Trinajstić information content (AvgIpc) is 2.89. The first kappa shape index (κ1) is 13.5. The minimum absolute atomic E-state index is 0.141. The first-order chi connectivity index (χ1) is 9.02. The van der Waals surface area contributed by atoms with E-state index in [-0.39, 0.29) is 5.78 Å². The van der Waals surface area contributed by atoms with Crippen LogP contribution in [0.4, 0.5) is 0 Å². The summed E-state index contributed by atoms with van der Waals surface area (Å²) in [5.41, 5.74) is 2.99. The lowest BCUT2D eigenvalue weighted by Crippen LogP contribution is -2.13. The zero-order valence-electron chi connectivity index (χ0n) is 11.8. The van der Waals surface area contributed by atoms with Crippen LogP contribution in [0.1, 0.15) is 29.7 Å². The molecular weight excluding hydrogens is 242 g/mol. The number of carbonyl (C=O) groups excluding carboxylic acids is 1. The molecule has 2 aromatic heterocycles. The van der Waals surface area contributed by atoms with Gasteiger partial charge in [0.1, 0.15) is 17.9 Å². The van der Waals surface area contributed by atoms with Crippen LogP contribution < -0.4 is 0 Å². The van der Waals surface area contributed by atoms with Crippen LogP contribution >= 0.6 is 0 Å². The second-order valence-electron chi connectivity index (χ2n) is 4.66. The third-order valence-electron chi connectivity index (χ3n) is 3.38. The monoisotopic (exact) mass is 261 g/mol. The van der Waals surface area contributed by atoms with Crippen molar-refractivity contribution in [2.45, 2.75) is 40.2 Å². The van der Waals surface area contributed by atoms with Crippen LogP contribution in [0, 0.1) is 13.8 Å². The number of hydrogen-bond acceptors (Lipinski definition) is 4. The summed E-state index contributed by atoms with van der Waals surface area (Å²) in [6.07, 6.45) is 2.22. The third kappa shape index (κ3) is 2.72. The smallest absolute Gasteiger partial charge is 0.144 e. The molecule has 0 fully saturated rings. The Labute approximate surface area is 112 Å². The Morgan fingerprint density at radius 1 is 1.32 bits per heavy atom. The third-order valence-corrected chi connectivity index (χ3v) is 3.38. The van der Waals surface area contributed by atoms with Crippen molar-refractivity contribution in [3.63, 3.8) is 0 Å². The summed E-state index contributed by atoms with van der Waals surface area (Å²) in [5, 5.41) is 8.40. The fourth-order valence-electron chi connectivity index (χ4n) is 2.20. The Hall–Kier alpha value is -1.98.